The van der Waals surface area contributed by atoms with Crippen LogP contribution < -0.4 is 5.32 Å². The quantitative estimate of drug-likeness (QED) is 0.276. The maximum atomic E-state index is 9.31. The maximum absolute atomic E-state index is 9.31. The fourth-order valence-electron chi connectivity index (χ4n) is 0.0829. The van der Waals surface area contributed by atoms with Crippen LogP contribution in [-0.2, 0) is 4.79 Å². The van der Waals surface area contributed by atoms with Gasteiger partial charge in [0.2, 0.25) is 6.41 Å². The molecule has 0 bridgehead atoms. The van der Waals surface area contributed by atoms with Crippen LogP contribution in [0.25, 0.3) is 4.85 Å². The summed E-state index contributed by atoms with van der Waals surface area (Å²) in [6.45, 7) is 6.20. The van der Waals surface area contributed by atoms with E-state index in [1.165, 1.54) is 0 Å². The highest BCUT2D eigenvalue weighted by Crippen LogP contribution is 1.49. The molecule has 0 aromatic heterocycles. The van der Waals surface area contributed by atoms with E-state index in [2.05, 4.69) is 10.2 Å². The number of nitrogens with one attached hydrogen (secondary N) is 1. The molecular weight excluding hydrogens is 80.0 g/mol. The Balaban J connectivity index is 2.72. The highest BCUT2D eigenvalue weighted by molar-refractivity contribution is 5.45. The van der Waals surface area contributed by atoms with E-state index >= 15 is 0 Å². The first-order valence-electron chi connectivity index (χ1n) is 1.42. The highest BCUT2D eigenvalue weighted by atomic mass is 16.1. The van der Waals surface area contributed by atoms with E-state index in [1.54, 1.807) is 0 Å². The van der Waals surface area contributed by atoms with E-state index in [-0.39, 0.29) is 6.67 Å². The van der Waals surface area contributed by atoms with Gasteiger partial charge in [0.1, 0.15) is 0 Å². The molecule has 0 spiro atoms. The molecule has 0 heterocycles. The van der Waals surface area contributed by atoms with Gasteiger partial charge in [0.15, 0.2) is 0 Å². The molecule has 0 aromatic carbocycles. The zero-order chi connectivity index (χ0) is 4.83. The molecule has 1 N–H and O–H groups in total. The van der Waals surface area contributed by atoms with Crippen LogP contribution in [0.2, 0.25) is 0 Å². The minimum absolute atomic E-state index is 0.0868. The molecule has 6 heavy (non-hydrogen) atoms. The maximum Gasteiger partial charge on any atom is 0.289 e. The molecule has 0 saturated heterocycles. The fourth-order valence-corrected chi connectivity index (χ4v) is 0.0829. The molecule has 3 nitrogen and oxygen atoms in total. The van der Waals surface area contributed by atoms with Gasteiger partial charge in [-0.15, -0.1) is 0 Å². The molecule has 0 saturated carbocycles. The SMILES string of the molecule is [C-]#[N+]CNC=O. The summed E-state index contributed by atoms with van der Waals surface area (Å²) in [5, 5.41) is 2.16. The first-order chi connectivity index (χ1) is 2.91. The summed E-state index contributed by atoms with van der Waals surface area (Å²) in [6.07, 6.45) is 0.498. The van der Waals surface area contributed by atoms with Gasteiger partial charge >= 0.3 is 0 Å². The molecule has 1 amide bonds. The van der Waals surface area contributed by atoms with Gasteiger partial charge in [0, 0.05) is 0 Å². The Morgan fingerprint density at radius 1 is 2.00 bits per heavy atom. The Labute approximate surface area is 35.8 Å². The smallest absolute Gasteiger partial charge is 0.289 e. The summed E-state index contributed by atoms with van der Waals surface area (Å²) in [5.41, 5.74) is 0. The van der Waals surface area contributed by atoms with Crippen LogP contribution >= 0.6 is 0 Å². The standard InChI is InChI=1S/C3H4N2O/c1-4-2-5-3-6/h3H,2H2,(H,5,6). The van der Waals surface area contributed by atoms with E-state index in [4.69, 9.17) is 6.57 Å². The Morgan fingerprint density at radius 2 is 2.67 bits per heavy atom. The van der Waals surface area contributed by atoms with Crippen molar-refractivity contribution in [2.45, 2.75) is 0 Å². The number of hydrogen-bond acceptors (Lipinski definition) is 1. The summed E-state index contributed by atoms with van der Waals surface area (Å²) in [4.78, 5) is 12.1. The minimum atomic E-state index is 0.0868. The second-order valence-electron chi connectivity index (χ2n) is 0.638. The molecule has 0 aliphatic heterocycles. The Morgan fingerprint density at radius 3 is 2.83 bits per heavy atom. The van der Waals surface area contributed by atoms with E-state index < -0.39 is 0 Å². The minimum Gasteiger partial charge on any atom is -0.293 e. The lowest BCUT2D eigenvalue weighted by atomic mass is 11.1. The summed E-state index contributed by atoms with van der Waals surface area (Å²) >= 11 is 0. The number of nitrogens with zero attached hydrogens (tertiary/aromatic N) is 1. The van der Waals surface area contributed by atoms with Crippen LogP contribution in [0, 0.1) is 6.57 Å². The number of hydrogen-bond donors (Lipinski definition) is 1. The highest BCUT2D eigenvalue weighted by Gasteiger charge is 1.70. The van der Waals surface area contributed by atoms with Crippen molar-refractivity contribution in [3.8, 4) is 0 Å². The summed E-state index contributed by atoms with van der Waals surface area (Å²) in [7, 11) is 0. The lowest BCUT2D eigenvalue weighted by Crippen LogP contribution is -2.07. The Hall–Kier alpha value is -1.04. The van der Waals surface area contributed by atoms with E-state index in [9.17, 15) is 4.79 Å². The molecule has 0 atom stereocenters. The fraction of sp³-hybridized carbons (Fsp3) is 0.333. The molecule has 0 aliphatic rings. The van der Waals surface area contributed by atoms with Gasteiger partial charge in [-0.3, -0.25) is 15.0 Å². The molecule has 0 rings (SSSR count). The summed E-state index contributed by atoms with van der Waals surface area (Å²) < 4.78 is 0. The van der Waals surface area contributed by atoms with Crippen molar-refractivity contribution in [2.24, 2.45) is 0 Å². The van der Waals surface area contributed by atoms with Crippen molar-refractivity contribution in [1.82, 2.24) is 5.32 Å². The predicted molar refractivity (Wildman–Crippen MR) is 20.7 cm³/mol. The van der Waals surface area contributed by atoms with E-state index in [1.807, 2.05) is 0 Å². The van der Waals surface area contributed by atoms with Crippen LogP contribution in [0.1, 0.15) is 0 Å². The van der Waals surface area contributed by atoms with Crippen molar-refractivity contribution in [3.63, 3.8) is 0 Å². The zero-order valence-corrected chi connectivity index (χ0v) is 3.14. The molecule has 0 unspecified atom stereocenters. The van der Waals surface area contributed by atoms with Gasteiger partial charge in [-0.25, -0.2) is 6.57 Å². The molecule has 0 radical (unpaired) electrons. The number of carbonyl (C=O) groups is 1. The predicted octanol–water partition coefficient (Wildman–Crippen LogP) is -0.391. The van der Waals surface area contributed by atoms with Gasteiger partial charge in [-0.05, 0) is 0 Å². The van der Waals surface area contributed by atoms with Crippen molar-refractivity contribution < 1.29 is 4.79 Å². The average Bonchev–Trinajstić information content (AvgIpc) is 1.61. The van der Waals surface area contributed by atoms with E-state index in [0.29, 0.717) is 6.41 Å². The zero-order valence-electron chi connectivity index (χ0n) is 3.14. The largest absolute Gasteiger partial charge is 0.293 e. The topological polar surface area (TPSA) is 33.5 Å². The van der Waals surface area contributed by atoms with Gasteiger partial charge < -0.3 is 0 Å². The molecule has 0 fully saturated rings. The van der Waals surface area contributed by atoms with E-state index in [0.717, 1.165) is 0 Å². The van der Waals surface area contributed by atoms with Gasteiger partial charge in [0.05, 0.1) is 0 Å². The second-order valence-corrected chi connectivity index (χ2v) is 0.638. The third-order valence-corrected chi connectivity index (χ3v) is 0.254. The van der Waals surface area contributed by atoms with Gasteiger partial charge in [-0.1, -0.05) is 0 Å². The Kier molecular flexibility index (Phi) is 3.27. The Bertz CT molecular complexity index is 73.4. The molecule has 0 aliphatic carbocycles. The normalized spacial score (nSPS) is 5.83. The van der Waals surface area contributed by atoms with Crippen LogP contribution in [-0.4, -0.2) is 13.1 Å². The third-order valence-electron chi connectivity index (χ3n) is 0.254. The average molecular weight is 84.1 g/mol. The molecular formula is C3H4N2O. The first-order valence-corrected chi connectivity index (χ1v) is 1.42. The molecule has 3 heteroatoms. The van der Waals surface area contributed by atoms with Crippen LogP contribution in [0.4, 0.5) is 0 Å². The second kappa shape index (κ2) is 3.96. The number of carbonyl (C=O) groups excluding carboxylic acids is 1. The number of rotatable bonds is 2. The van der Waals surface area contributed by atoms with Crippen molar-refractivity contribution in [2.75, 3.05) is 6.67 Å². The van der Waals surface area contributed by atoms with Crippen molar-refractivity contribution >= 4 is 6.41 Å². The summed E-state index contributed by atoms with van der Waals surface area (Å²) in [5.74, 6) is 0. The van der Waals surface area contributed by atoms with Crippen molar-refractivity contribution in [3.05, 3.63) is 11.4 Å². The van der Waals surface area contributed by atoms with Gasteiger partial charge in [-0.2, -0.15) is 0 Å². The van der Waals surface area contributed by atoms with Crippen molar-refractivity contribution in [1.29, 1.82) is 0 Å². The lowest BCUT2D eigenvalue weighted by molar-refractivity contribution is -0.109. The first kappa shape index (κ1) is 4.96. The molecule has 0 aromatic rings. The van der Waals surface area contributed by atoms with Crippen LogP contribution in [0.15, 0.2) is 0 Å². The lowest BCUT2D eigenvalue weighted by Gasteiger charge is -1.74. The monoisotopic (exact) mass is 84.0 g/mol. The summed E-state index contributed by atoms with van der Waals surface area (Å²) in [6, 6.07) is 0. The van der Waals surface area contributed by atoms with Crippen LogP contribution in [0.5, 0.6) is 0 Å². The third kappa shape index (κ3) is 2.96. The van der Waals surface area contributed by atoms with Crippen LogP contribution in [0.3, 0.4) is 0 Å². The van der Waals surface area contributed by atoms with Gasteiger partial charge in [0.25, 0.3) is 6.67 Å². The molecule has 32 valence electrons. The number of amides is 1.